The summed E-state index contributed by atoms with van der Waals surface area (Å²) < 4.78 is 0. The van der Waals surface area contributed by atoms with Crippen molar-refractivity contribution in [2.75, 3.05) is 43.4 Å². The summed E-state index contributed by atoms with van der Waals surface area (Å²) in [6, 6.07) is 0.652. The summed E-state index contributed by atoms with van der Waals surface area (Å²) in [7, 11) is 2.11. The van der Waals surface area contributed by atoms with Gasteiger partial charge in [0.25, 0.3) is 0 Å². The van der Waals surface area contributed by atoms with Gasteiger partial charge in [-0.2, -0.15) is 0 Å². The van der Waals surface area contributed by atoms with Crippen LogP contribution in [-0.2, 0) is 0 Å². The van der Waals surface area contributed by atoms with E-state index in [0.717, 1.165) is 37.7 Å². The minimum absolute atomic E-state index is 0.652. The Kier molecular flexibility index (Phi) is 5.59. The molecule has 20 heavy (non-hydrogen) atoms. The molecule has 1 aromatic heterocycles. The molecule has 1 atom stereocenters. The van der Waals surface area contributed by atoms with Crippen molar-refractivity contribution in [3.63, 3.8) is 0 Å². The highest BCUT2D eigenvalue weighted by Gasteiger charge is 2.24. The van der Waals surface area contributed by atoms with Crippen molar-refractivity contribution in [2.24, 2.45) is 0 Å². The van der Waals surface area contributed by atoms with Gasteiger partial charge < -0.3 is 10.2 Å². The second-order valence-corrected chi connectivity index (χ2v) is 5.49. The summed E-state index contributed by atoms with van der Waals surface area (Å²) >= 11 is 0. The van der Waals surface area contributed by atoms with Crippen molar-refractivity contribution in [3.8, 4) is 0 Å². The number of nitrogens with zero attached hydrogens (tertiary/aromatic N) is 4. The van der Waals surface area contributed by atoms with E-state index in [-0.39, 0.29) is 0 Å². The number of likely N-dealkylation sites (tertiary alicyclic amines) is 1. The van der Waals surface area contributed by atoms with E-state index in [9.17, 15) is 0 Å². The number of aromatic nitrogens is 2. The van der Waals surface area contributed by atoms with Crippen molar-refractivity contribution in [3.05, 3.63) is 12.4 Å². The van der Waals surface area contributed by atoms with Crippen molar-refractivity contribution in [2.45, 2.75) is 39.2 Å². The summed E-state index contributed by atoms with van der Waals surface area (Å²) in [6.07, 6.45) is 7.34. The summed E-state index contributed by atoms with van der Waals surface area (Å²) in [5.41, 5.74) is 0. The maximum Gasteiger partial charge on any atom is 0.149 e. The van der Waals surface area contributed by atoms with Gasteiger partial charge in [0.05, 0.1) is 12.4 Å². The van der Waals surface area contributed by atoms with Crippen LogP contribution in [0.4, 0.5) is 11.6 Å². The van der Waals surface area contributed by atoms with Crippen LogP contribution in [0.1, 0.15) is 33.1 Å². The monoisotopic (exact) mass is 277 g/mol. The number of rotatable bonds is 7. The Hall–Kier alpha value is -1.36. The van der Waals surface area contributed by atoms with Gasteiger partial charge in [0, 0.05) is 26.2 Å². The predicted molar refractivity (Wildman–Crippen MR) is 84.4 cm³/mol. The van der Waals surface area contributed by atoms with Crippen molar-refractivity contribution >= 4 is 11.6 Å². The molecule has 1 fully saturated rings. The third-order valence-corrected chi connectivity index (χ3v) is 3.96. The summed E-state index contributed by atoms with van der Waals surface area (Å²) in [5.74, 6) is 1.82. The molecular formula is C15H27N5. The molecule has 1 aliphatic heterocycles. The lowest BCUT2D eigenvalue weighted by Crippen LogP contribution is -2.39. The molecule has 1 unspecified atom stereocenters. The number of nitrogens with one attached hydrogen (secondary N) is 1. The van der Waals surface area contributed by atoms with E-state index in [1.54, 1.807) is 6.20 Å². The Labute approximate surface area is 122 Å². The molecule has 1 saturated heterocycles. The van der Waals surface area contributed by atoms with Crippen LogP contribution in [0.2, 0.25) is 0 Å². The van der Waals surface area contributed by atoms with Gasteiger partial charge >= 0.3 is 0 Å². The first kappa shape index (κ1) is 15.0. The van der Waals surface area contributed by atoms with Crippen LogP contribution in [0.3, 0.4) is 0 Å². The van der Waals surface area contributed by atoms with Crippen LogP contribution in [-0.4, -0.2) is 54.1 Å². The standard InChI is InChI=1S/C15H27N5/c1-4-8-17-14-10-16-11-15(18-14)19(3)12-13-7-6-9-20(13)5-2/h10-11,13H,4-9,12H2,1-3H3,(H,17,18). The first-order valence-corrected chi connectivity index (χ1v) is 7.75. The molecular weight excluding hydrogens is 250 g/mol. The van der Waals surface area contributed by atoms with Crippen molar-refractivity contribution in [1.82, 2.24) is 14.9 Å². The normalized spacial score (nSPS) is 19.2. The second-order valence-electron chi connectivity index (χ2n) is 5.49. The van der Waals surface area contributed by atoms with Gasteiger partial charge in [0.15, 0.2) is 0 Å². The minimum atomic E-state index is 0.652. The van der Waals surface area contributed by atoms with Crippen molar-refractivity contribution in [1.29, 1.82) is 0 Å². The third kappa shape index (κ3) is 3.82. The van der Waals surface area contributed by atoms with Gasteiger partial charge in [-0.05, 0) is 32.4 Å². The van der Waals surface area contributed by atoms with Crippen LogP contribution in [0.15, 0.2) is 12.4 Å². The fraction of sp³-hybridized carbons (Fsp3) is 0.733. The molecule has 2 rings (SSSR count). The number of hydrogen-bond acceptors (Lipinski definition) is 5. The molecule has 5 nitrogen and oxygen atoms in total. The molecule has 1 aromatic rings. The van der Waals surface area contributed by atoms with Crippen LogP contribution < -0.4 is 10.2 Å². The molecule has 0 aliphatic carbocycles. The Balaban J connectivity index is 1.96. The van der Waals surface area contributed by atoms with E-state index in [4.69, 9.17) is 0 Å². The van der Waals surface area contributed by atoms with E-state index >= 15 is 0 Å². The van der Waals surface area contributed by atoms with E-state index in [2.05, 4.69) is 46.0 Å². The molecule has 0 saturated carbocycles. The zero-order valence-corrected chi connectivity index (χ0v) is 13.0. The molecule has 2 heterocycles. The fourth-order valence-corrected chi connectivity index (χ4v) is 2.81. The molecule has 5 heteroatoms. The lowest BCUT2D eigenvalue weighted by atomic mass is 10.2. The van der Waals surface area contributed by atoms with Crippen LogP contribution in [0, 0.1) is 0 Å². The zero-order chi connectivity index (χ0) is 14.4. The topological polar surface area (TPSA) is 44.3 Å². The molecule has 0 spiro atoms. The molecule has 112 valence electrons. The fourth-order valence-electron chi connectivity index (χ4n) is 2.81. The summed E-state index contributed by atoms with van der Waals surface area (Å²) in [4.78, 5) is 13.7. The van der Waals surface area contributed by atoms with Crippen LogP contribution >= 0.6 is 0 Å². The van der Waals surface area contributed by atoms with Gasteiger partial charge in [-0.15, -0.1) is 0 Å². The highest BCUT2D eigenvalue weighted by Crippen LogP contribution is 2.19. The van der Waals surface area contributed by atoms with Gasteiger partial charge in [0.2, 0.25) is 0 Å². The predicted octanol–water partition coefficient (Wildman–Crippen LogP) is 2.22. The number of hydrogen-bond donors (Lipinski definition) is 1. The highest BCUT2D eigenvalue weighted by molar-refractivity contribution is 5.43. The largest absolute Gasteiger partial charge is 0.369 e. The van der Waals surface area contributed by atoms with E-state index < -0.39 is 0 Å². The van der Waals surface area contributed by atoms with Gasteiger partial charge in [0.1, 0.15) is 11.6 Å². The maximum absolute atomic E-state index is 4.64. The van der Waals surface area contributed by atoms with E-state index in [0.29, 0.717) is 6.04 Å². The molecule has 0 aromatic carbocycles. The smallest absolute Gasteiger partial charge is 0.149 e. The Morgan fingerprint density at radius 1 is 1.40 bits per heavy atom. The summed E-state index contributed by atoms with van der Waals surface area (Å²) in [6.45, 7) is 8.73. The lowest BCUT2D eigenvalue weighted by Gasteiger charge is -2.28. The first-order valence-electron chi connectivity index (χ1n) is 7.75. The van der Waals surface area contributed by atoms with Crippen LogP contribution in [0.5, 0.6) is 0 Å². The average Bonchev–Trinajstić information content (AvgIpc) is 2.92. The highest BCUT2D eigenvalue weighted by atomic mass is 15.3. The third-order valence-electron chi connectivity index (χ3n) is 3.96. The lowest BCUT2D eigenvalue weighted by molar-refractivity contribution is 0.270. The Bertz CT molecular complexity index is 409. The van der Waals surface area contributed by atoms with E-state index in [1.807, 2.05) is 6.20 Å². The van der Waals surface area contributed by atoms with Crippen molar-refractivity contribution < 1.29 is 0 Å². The second kappa shape index (κ2) is 7.43. The average molecular weight is 277 g/mol. The van der Waals surface area contributed by atoms with Crippen LogP contribution in [0.25, 0.3) is 0 Å². The first-order chi connectivity index (χ1) is 9.74. The Morgan fingerprint density at radius 2 is 2.25 bits per heavy atom. The number of anilines is 2. The summed E-state index contributed by atoms with van der Waals surface area (Å²) in [5, 5.41) is 3.29. The molecule has 0 radical (unpaired) electrons. The molecule has 1 aliphatic rings. The van der Waals surface area contributed by atoms with Gasteiger partial charge in [-0.3, -0.25) is 9.88 Å². The number of likely N-dealkylation sites (N-methyl/N-ethyl adjacent to an activating group) is 2. The zero-order valence-electron chi connectivity index (χ0n) is 13.0. The maximum atomic E-state index is 4.64. The molecule has 0 amide bonds. The van der Waals surface area contributed by atoms with Gasteiger partial charge in [-0.1, -0.05) is 13.8 Å². The molecule has 1 N–H and O–H groups in total. The quantitative estimate of drug-likeness (QED) is 0.828. The van der Waals surface area contributed by atoms with Gasteiger partial charge in [-0.25, -0.2) is 4.98 Å². The van der Waals surface area contributed by atoms with E-state index in [1.165, 1.54) is 19.4 Å². The SMILES string of the molecule is CCCNc1cncc(N(C)CC2CCCN2CC)n1. The molecule has 0 bridgehead atoms. The minimum Gasteiger partial charge on any atom is -0.369 e. The Morgan fingerprint density at radius 3 is 3.00 bits per heavy atom.